The molecular formula is C21H26O6. The summed E-state index contributed by atoms with van der Waals surface area (Å²) in [4.78, 5) is 12.2. The van der Waals surface area contributed by atoms with E-state index in [4.69, 9.17) is 18.6 Å². The summed E-state index contributed by atoms with van der Waals surface area (Å²) in [6, 6.07) is 1.44. The molecule has 6 nitrogen and oxygen atoms in total. The fourth-order valence-electron chi connectivity index (χ4n) is 4.08. The molecule has 27 heavy (non-hydrogen) atoms. The molecule has 146 valence electrons. The van der Waals surface area contributed by atoms with E-state index in [1.54, 1.807) is 7.11 Å². The van der Waals surface area contributed by atoms with Crippen LogP contribution in [-0.4, -0.2) is 23.9 Å². The predicted molar refractivity (Wildman–Crippen MR) is 100 cm³/mol. The number of fused-ring (bicyclic) bond motifs is 6. The number of benzene rings is 1. The van der Waals surface area contributed by atoms with E-state index in [1.165, 1.54) is 6.07 Å². The number of methoxy groups -OCH3 is 1. The highest BCUT2D eigenvalue weighted by atomic mass is 16.5. The van der Waals surface area contributed by atoms with Gasteiger partial charge in [0.1, 0.15) is 23.2 Å². The Kier molecular flexibility index (Phi) is 4.24. The van der Waals surface area contributed by atoms with Crippen LogP contribution in [0, 0.1) is 5.92 Å². The number of hydrogen-bond acceptors (Lipinski definition) is 6. The van der Waals surface area contributed by atoms with Crippen LogP contribution in [0.1, 0.15) is 56.9 Å². The van der Waals surface area contributed by atoms with Crippen molar-refractivity contribution in [2.24, 2.45) is 5.92 Å². The Morgan fingerprint density at radius 3 is 2.74 bits per heavy atom. The standard InChI is InChI=1S/C21H26O6/c1-10-11(2)25-18-13-6-7-21(3,4)27-19(13)15-12(9-24-5)8-14(22)26-20(15)16(18)17(10)23/h8,10-11,17,23H,6-7,9H2,1-5H3/t10-,11-,17+/m0/s1. The van der Waals surface area contributed by atoms with Gasteiger partial charge in [-0.2, -0.15) is 0 Å². The first-order valence-electron chi connectivity index (χ1n) is 9.41. The van der Waals surface area contributed by atoms with Gasteiger partial charge in [-0.05, 0) is 39.2 Å². The van der Waals surface area contributed by atoms with Crippen molar-refractivity contribution < 1.29 is 23.7 Å². The molecule has 3 heterocycles. The van der Waals surface area contributed by atoms with Crippen LogP contribution in [0.4, 0.5) is 0 Å². The van der Waals surface area contributed by atoms with Gasteiger partial charge in [-0.3, -0.25) is 0 Å². The van der Waals surface area contributed by atoms with Crippen molar-refractivity contribution in [3.8, 4) is 11.5 Å². The minimum Gasteiger partial charge on any atom is -0.489 e. The maximum Gasteiger partial charge on any atom is 0.336 e. The first-order valence-corrected chi connectivity index (χ1v) is 9.41. The molecule has 0 amide bonds. The molecule has 1 aromatic heterocycles. The Hall–Kier alpha value is -2.05. The highest BCUT2D eigenvalue weighted by molar-refractivity contribution is 5.94. The zero-order chi connectivity index (χ0) is 19.5. The molecule has 4 rings (SSSR count). The highest BCUT2D eigenvalue weighted by Crippen LogP contribution is 2.52. The summed E-state index contributed by atoms with van der Waals surface area (Å²) < 4.78 is 23.5. The van der Waals surface area contributed by atoms with Crippen LogP contribution in [0.25, 0.3) is 11.0 Å². The molecule has 1 N–H and O–H groups in total. The lowest BCUT2D eigenvalue weighted by atomic mass is 9.83. The monoisotopic (exact) mass is 374 g/mol. The summed E-state index contributed by atoms with van der Waals surface area (Å²) in [6.45, 7) is 8.20. The first kappa shape index (κ1) is 18.3. The number of rotatable bonds is 2. The molecule has 2 aromatic rings. The van der Waals surface area contributed by atoms with Crippen LogP contribution in [0.5, 0.6) is 11.5 Å². The van der Waals surface area contributed by atoms with E-state index in [-0.39, 0.29) is 24.2 Å². The molecule has 2 aliphatic heterocycles. The molecule has 0 aliphatic carbocycles. The Bertz CT molecular complexity index is 958. The highest BCUT2D eigenvalue weighted by Gasteiger charge is 2.41. The topological polar surface area (TPSA) is 78.1 Å². The average Bonchev–Trinajstić information content (AvgIpc) is 2.58. The van der Waals surface area contributed by atoms with E-state index in [2.05, 4.69) is 0 Å². The lowest BCUT2D eigenvalue weighted by Gasteiger charge is -2.39. The van der Waals surface area contributed by atoms with Crippen molar-refractivity contribution >= 4 is 11.0 Å². The molecule has 3 atom stereocenters. The lowest BCUT2D eigenvalue weighted by Crippen LogP contribution is -2.36. The largest absolute Gasteiger partial charge is 0.489 e. The maximum atomic E-state index is 12.2. The Balaban J connectivity index is 2.14. The summed E-state index contributed by atoms with van der Waals surface area (Å²) in [5.74, 6) is 1.14. The lowest BCUT2D eigenvalue weighted by molar-refractivity contribution is 0.0151. The molecule has 0 saturated heterocycles. The quantitative estimate of drug-likeness (QED) is 0.811. The average molecular weight is 374 g/mol. The molecule has 0 unspecified atom stereocenters. The number of aliphatic hydroxyl groups excluding tert-OH is 1. The molecule has 0 fully saturated rings. The minimum absolute atomic E-state index is 0.129. The van der Waals surface area contributed by atoms with Gasteiger partial charge >= 0.3 is 5.63 Å². The summed E-state index contributed by atoms with van der Waals surface area (Å²) >= 11 is 0. The summed E-state index contributed by atoms with van der Waals surface area (Å²) in [5.41, 5.74) is 1.69. The molecule has 1 aromatic carbocycles. The van der Waals surface area contributed by atoms with E-state index in [9.17, 15) is 9.90 Å². The van der Waals surface area contributed by atoms with E-state index in [1.807, 2.05) is 27.7 Å². The zero-order valence-electron chi connectivity index (χ0n) is 16.4. The number of aliphatic hydroxyl groups is 1. The summed E-state index contributed by atoms with van der Waals surface area (Å²) in [5, 5.41) is 11.7. The van der Waals surface area contributed by atoms with Crippen molar-refractivity contribution in [1.29, 1.82) is 0 Å². The Morgan fingerprint density at radius 2 is 2.04 bits per heavy atom. The van der Waals surface area contributed by atoms with Crippen molar-refractivity contribution in [2.75, 3.05) is 7.11 Å². The molecule has 6 heteroatoms. The van der Waals surface area contributed by atoms with E-state index >= 15 is 0 Å². The third kappa shape index (κ3) is 2.82. The van der Waals surface area contributed by atoms with Crippen LogP contribution >= 0.6 is 0 Å². The third-order valence-electron chi connectivity index (χ3n) is 5.80. The van der Waals surface area contributed by atoms with Gasteiger partial charge in [0, 0.05) is 24.7 Å². The number of ether oxygens (including phenoxy) is 3. The van der Waals surface area contributed by atoms with Gasteiger partial charge in [0.25, 0.3) is 0 Å². The fourth-order valence-corrected chi connectivity index (χ4v) is 4.08. The van der Waals surface area contributed by atoms with Gasteiger partial charge in [-0.25, -0.2) is 4.79 Å². The maximum absolute atomic E-state index is 12.2. The van der Waals surface area contributed by atoms with Gasteiger partial charge < -0.3 is 23.7 Å². The van der Waals surface area contributed by atoms with Crippen molar-refractivity contribution in [3.63, 3.8) is 0 Å². The van der Waals surface area contributed by atoms with Crippen LogP contribution < -0.4 is 15.1 Å². The molecule has 0 radical (unpaired) electrons. The van der Waals surface area contributed by atoms with Crippen molar-refractivity contribution in [2.45, 2.75) is 65.0 Å². The third-order valence-corrected chi connectivity index (χ3v) is 5.80. The normalized spacial score (nSPS) is 26.1. The van der Waals surface area contributed by atoms with Crippen molar-refractivity contribution in [3.05, 3.63) is 33.2 Å². The molecule has 2 aliphatic rings. The fraction of sp³-hybridized carbons (Fsp3) is 0.571. The summed E-state index contributed by atoms with van der Waals surface area (Å²) in [6.07, 6.45) is 0.655. The van der Waals surface area contributed by atoms with Crippen molar-refractivity contribution in [1.82, 2.24) is 0 Å². The van der Waals surface area contributed by atoms with Gasteiger partial charge in [0.2, 0.25) is 0 Å². The molecular weight excluding hydrogens is 348 g/mol. The Morgan fingerprint density at radius 1 is 1.30 bits per heavy atom. The van der Waals surface area contributed by atoms with Crippen LogP contribution in [0.2, 0.25) is 0 Å². The minimum atomic E-state index is -0.785. The van der Waals surface area contributed by atoms with Crippen LogP contribution in [0.15, 0.2) is 15.3 Å². The predicted octanol–water partition coefficient (Wildman–Crippen LogP) is 3.49. The van der Waals surface area contributed by atoms with Gasteiger partial charge in [-0.1, -0.05) is 6.92 Å². The van der Waals surface area contributed by atoms with Crippen LogP contribution in [-0.2, 0) is 17.8 Å². The van der Waals surface area contributed by atoms with E-state index in [0.29, 0.717) is 33.6 Å². The first-order chi connectivity index (χ1) is 12.7. The van der Waals surface area contributed by atoms with Gasteiger partial charge in [0.15, 0.2) is 5.58 Å². The Labute approximate surface area is 158 Å². The smallest absolute Gasteiger partial charge is 0.336 e. The van der Waals surface area contributed by atoms with E-state index in [0.717, 1.165) is 18.4 Å². The van der Waals surface area contributed by atoms with E-state index < -0.39 is 11.7 Å². The second kappa shape index (κ2) is 6.24. The van der Waals surface area contributed by atoms with Gasteiger partial charge in [0.05, 0.1) is 23.7 Å². The molecule has 0 spiro atoms. The van der Waals surface area contributed by atoms with Crippen LogP contribution in [0.3, 0.4) is 0 Å². The summed E-state index contributed by atoms with van der Waals surface area (Å²) in [7, 11) is 1.58. The van der Waals surface area contributed by atoms with Gasteiger partial charge in [-0.15, -0.1) is 0 Å². The molecule has 0 saturated carbocycles. The zero-order valence-corrected chi connectivity index (χ0v) is 16.4. The second-order valence-electron chi connectivity index (χ2n) is 8.27. The number of hydrogen-bond donors (Lipinski definition) is 1. The SMILES string of the molecule is COCc1cc(=O)oc2c3c(c4c(c12)OC(C)(C)CC4)O[C@@H](C)[C@H](C)[C@H]3O. The molecule has 0 bridgehead atoms. The second-order valence-corrected chi connectivity index (χ2v) is 8.27.